The molecule has 2 aromatic rings. The van der Waals surface area contributed by atoms with E-state index in [1.165, 1.54) is 0 Å². The van der Waals surface area contributed by atoms with Gasteiger partial charge in [0.1, 0.15) is 11.5 Å². The minimum Gasteiger partial charge on any atom is -0.572 e. The molecule has 1 aromatic heterocycles. The van der Waals surface area contributed by atoms with Crippen LogP contribution in [0.5, 0.6) is 0 Å². The number of benzene rings is 1. The number of halogens is 7. The van der Waals surface area contributed by atoms with Gasteiger partial charge >= 0.3 is 32.4 Å². The van der Waals surface area contributed by atoms with Gasteiger partial charge in [0.15, 0.2) is 17.5 Å². The summed E-state index contributed by atoms with van der Waals surface area (Å²) >= 11 is 0. The fraction of sp³-hybridized carbons (Fsp3) is 0.125. The van der Waals surface area contributed by atoms with Gasteiger partial charge in [-0.05, 0) is 0 Å². The molecule has 3 N–H and O–H groups in total. The summed E-state index contributed by atoms with van der Waals surface area (Å²) in [5.41, 5.74) is -3.20. The molecule has 0 aliphatic heterocycles. The van der Waals surface area contributed by atoms with E-state index in [9.17, 15) is 30.7 Å². The minimum atomic E-state index is -5.15. The third-order valence-electron chi connectivity index (χ3n) is 2.00. The fourth-order valence-electron chi connectivity index (χ4n) is 1.28. The van der Waals surface area contributed by atoms with Crippen LogP contribution in [0.2, 0.25) is 0 Å². The molecule has 1 heterocycles. The Balaban J connectivity index is 0.000000791. The predicted octanol–water partition coefficient (Wildman–Crippen LogP) is -2.28. The van der Waals surface area contributed by atoms with Gasteiger partial charge in [-0.25, -0.2) is 17.6 Å². The summed E-state index contributed by atoms with van der Waals surface area (Å²) in [5.74, 6) is -8.75. The number of rotatable bonds is 0. The van der Waals surface area contributed by atoms with Crippen molar-refractivity contribution in [2.75, 3.05) is 0 Å². The third-order valence-corrected chi connectivity index (χ3v) is 2.00. The molecule has 0 bridgehead atoms. The zero-order valence-corrected chi connectivity index (χ0v) is 10.5. The third kappa shape index (κ3) is 4.14. The van der Waals surface area contributed by atoms with Crippen molar-refractivity contribution < 1.29 is 64.7 Å². The Morgan fingerprint density at radius 1 is 0.864 bits per heavy atom. The molecule has 22 heavy (non-hydrogen) atoms. The molecule has 0 unspecified atom stereocenters. The number of alkyl halides is 3. The van der Waals surface area contributed by atoms with E-state index in [4.69, 9.17) is 15.1 Å². The van der Waals surface area contributed by atoms with Crippen LogP contribution in [0.25, 0.3) is 10.9 Å². The summed E-state index contributed by atoms with van der Waals surface area (Å²) in [7, 11) is -2.17. The molecule has 0 saturated carbocycles. The quantitative estimate of drug-likeness (QED) is 0.220. The monoisotopic (exact) mass is 326 g/mol. The normalized spacial score (nSPS) is 10.8. The summed E-state index contributed by atoms with van der Waals surface area (Å²) < 4.78 is 88.4. The Morgan fingerprint density at radius 2 is 1.27 bits per heavy atom. The van der Waals surface area contributed by atoms with Crippen LogP contribution in [0.15, 0.2) is 0 Å². The maximum Gasteiger partial charge on any atom is 1.00 e. The summed E-state index contributed by atoms with van der Waals surface area (Å²) in [6, 6.07) is 0. The van der Waals surface area contributed by atoms with Gasteiger partial charge in [-0.2, -0.15) is 13.2 Å². The first-order valence-corrected chi connectivity index (χ1v) is 4.74. The smallest absolute Gasteiger partial charge is 0.572 e. The molecule has 5 nitrogen and oxygen atoms in total. The van der Waals surface area contributed by atoms with Gasteiger partial charge in [-0.3, -0.25) is 0 Å². The molecule has 0 amide bonds. The second-order valence-electron chi connectivity index (χ2n) is 3.37. The van der Waals surface area contributed by atoms with Crippen LogP contribution in [-0.4, -0.2) is 27.5 Å². The van der Waals surface area contributed by atoms with Gasteiger partial charge in [0.05, 0.1) is 0 Å². The molecule has 0 fully saturated rings. The van der Waals surface area contributed by atoms with E-state index in [0.29, 0.717) is 0 Å². The number of nitrogens with zero attached hydrogens (tertiary/aromatic N) is 2. The molecule has 0 saturated heterocycles. The van der Waals surface area contributed by atoms with Crippen LogP contribution < -0.4 is 24.0 Å². The van der Waals surface area contributed by atoms with Gasteiger partial charge in [0, 0.05) is 5.39 Å². The van der Waals surface area contributed by atoms with E-state index in [1.54, 1.807) is 0 Å². The van der Waals surface area contributed by atoms with Gasteiger partial charge < -0.3 is 25.3 Å². The van der Waals surface area contributed by atoms with Crippen LogP contribution in [0.4, 0.5) is 30.7 Å². The summed E-state index contributed by atoms with van der Waals surface area (Å²) in [6.07, 6.45) is -5.15. The van der Waals surface area contributed by atoms with Crippen molar-refractivity contribution in [3.63, 3.8) is 0 Å². The maximum absolute atomic E-state index is 13.1. The molecule has 0 atom stereocenters. The van der Waals surface area contributed by atoms with Crippen LogP contribution in [-0.2, 0) is 6.18 Å². The molecule has 1 aromatic carbocycles. The predicted molar refractivity (Wildman–Crippen MR) is 52.3 cm³/mol. The first-order chi connectivity index (χ1) is 9.48. The summed E-state index contributed by atoms with van der Waals surface area (Å²) in [5, 5.41) is 25.1. The Morgan fingerprint density at radius 3 is 1.68 bits per heavy atom. The van der Waals surface area contributed by atoms with Crippen molar-refractivity contribution in [2.45, 2.75) is 6.18 Å². The maximum atomic E-state index is 13.1. The Kier molecular flexibility index (Phi) is 6.92. The SMILES string of the molecule is Fc1c(F)c(F)c2c(C(F)(F)F)n[n-]c2c1F.OB(O)O.[Li+]. The zero-order valence-electron chi connectivity index (χ0n) is 10.5. The number of hydrogen-bond acceptors (Lipinski definition) is 4. The van der Waals surface area contributed by atoms with Crippen molar-refractivity contribution >= 4 is 18.2 Å². The molecule has 0 aliphatic carbocycles. The molecular weight excluding hydrogens is 323 g/mol. The summed E-state index contributed by atoms with van der Waals surface area (Å²) in [6.45, 7) is 0. The van der Waals surface area contributed by atoms with E-state index >= 15 is 0 Å². The van der Waals surface area contributed by atoms with Gasteiger partial charge in [0.2, 0.25) is 0 Å². The number of aromatic nitrogens is 2. The topological polar surface area (TPSA) is 87.7 Å². The van der Waals surface area contributed by atoms with Gasteiger partial charge in [-0.15, -0.1) is 0 Å². The van der Waals surface area contributed by atoms with Gasteiger partial charge in [0.25, 0.3) is 0 Å². The van der Waals surface area contributed by atoms with Crippen LogP contribution >= 0.6 is 0 Å². The number of hydrogen-bond donors (Lipinski definition) is 3. The van der Waals surface area contributed by atoms with Crippen LogP contribution in [0.3, 0.4) is 0 Å². The summed E-state index contributed by atoms with van der Waals surface area (Å²) in [4.78, 5) is 0. The van der Waals surface area contributed by atoms with Crippen molar-refractivity contribution in [1.82, 2.24) is 10.2 Å². The van der Waals surface area contributed by atoms with Crippen LogP contribution in [0.1, 0.15) is 5.69 Å². The van der Waals surface area contributed by atoms with Crippen molar-refractivity contribution in [3.05, 3.63) is 29.0 Å². The van der Waals surface area contributed by atoms with Gasteiger partial charge in [-0.1, -0.05) is 5.52 Å². The molecule has 0 spiro atoms. The molecule has 0 radical (unpaired) electrons. The second-order valence-corrected chi connectivity index (χ2v) is 3.37. The first-order valence-electron chi connectivity index (χ1n) is 4.74. The van der Waals surface area contributed by atoms with E-state index < -0.39 is 53.4 Å². The second kappa shape index (κ2) is 7.34. The van der Waals surface area contributed by atoms with E-state index in [-0.39, 0.29) is 18.9 Å². The molecular formula is C8H3BF7LiN2O3. The Labute approximate surface area is 129 Å². The van der Waals surface area contributed by atoms with E-state index in [1.807, 2.05) is 0 Å². The average molecular weight is 326 g/mol. The molecule has 2 rings (SSSR count). The fourth-order valence-corrected chi connectivity index (χ4v) is 1.28. The first kappa shape index (κ1) is 20.7. The van der Waals surface area contributed by atoms with E-state index in [2.05, 4.69) is 10.2 Å². The molecule has 116 valence electrons. The minimum absolute atomic E-state index is 0. The molecule has 0 aliphatic rings. The van der Waals surface area contributed by atoms with Crippen molar-refractivity contribution in [3.8, 4) is 0 Å². The Hall–Kier alpha value is -1.26. The van der Waals surface area contributed by atoms with Crippen molar-refractivity contribution in [2.24, 2.45) is 0 Å². The zero-order chi connectivity index (χ0) is 16.5. The largest absolute Gasteiger partial charge is 1.00 e. The average Bonchev–Trinajstić information content (AvgIpc) is 2.77. The standard InChI is InChI=1S/C8F7N2.BH3O3.Li/c9-2-1-6(5(12)4(11)3(2)10)16-17-7(1)8(13,14)15;2-1(3)4;/h;2-4H;/q-1;;+1. The van der Waals surface area contributed by atoms with E-state index in [0.717, 1.165) is 0 Å². The van der Waals surface area contributed by atoms with Crippen molar-refractivity contribution in [1.29, 1.82) is 0 Å². The number of fused-ring (bicyclic) bond motifs is 1. The Bertz CT molecular complexity index is 661. The van der Waals surface area contributed by atoms with Crippen LogP contribution in [0, 0.1) is 23.3 Å². The molecule has 14 heteroatoms.